The average Bonchev–Trinajstić information content (AvgIpc) is 3.27. The molecular formula is C17H15Cl2F3N8O. The maximum atomic E-state index is 14.1. The Bertz CT molecular complexity index is 1200. The van der Waals surface area contributed by atoms with Gasteiger partial charge < -0.3 is 5.32 Å². The fourth-order valence-electron chi connectivity index (χ4n) is 3.80. The van der Waals surface area contributed by atoms with Crippen LogP contribution in [0.3, 0.4) is 0 Å². The van der Waals surface area contributed by atoms with E-state index in [-0.39, 0.29) is 34.0 Å². The minimum atomic E-state index is -4.66. The SMILES string of the molecule is C[C@@]1(C(F)(F)F)CN(C(=O)Nc2cc(Cl)n(C3CNC3)n2)c2cnc3cc(Cl)nn3c21. The van der Waals surface area contributed by atoms with E-state index in [2.05, 4.69) is 25.8 Å². The molecule has 1 atom stereocenters. The van der Waals surface area contributed by atoms with Crippen LogP contribution in [0.5, 0.6) is 0 Å². The zero-order chi connectivity index (χ0) is 22.1. The topological polar surface area (TPSA) is 92.4 Å². The van der Waals surface area contributed by atoms with Crippen LogP contribution in [0.2, 0.25) is 10.3 Å². The lowest BCUT2D eigenvalue weighted by atomic mass is 9.88. The van der Waals surface area contributed by atoms with E-state index < -0.39 is 24.2 Å². The second kappa shape index (κ2) is 6.71. The number of anilines is 2. The van der Waals surface area contributed by atoms with Crippen LogP contribution in [0.15, 0.2) is 18.3 Å². The third-order valence-electron chi connectivity index (χ3n) is 5.62. The van der Waals surface area contributed by atoms with Crippen molar-refractivity contribution >= 4 is 46.4 Å². The Labute approximate surface area is 183 Å². The first-order chi connectivity index (χ1) is 14.6. The van der Waals surface area contributed by atoms with Gasteiger partial charge in [-0.3, -0.25) is 10.2 Å². The molecule has 3 aromatic heterocycles. The van der Waals surface area contributed by atoms with Crippen molar-refractivity contribution in [3.8, 4) is 0 Å². The summed E-state index contributed by atoms with van der Waals surface area (Å²) >= 11 is 12.1. The van der Waals surface area contributed by atoms with Gasteiger partial charge in [-0.15, -0.1) is 0 Å². The predicted octanol–water partition coefficient (Wildman–Crippen LogP) is 3.25. The van der Waals surface area contributed by atoms with E-state index in [4.69, 9.17) is 23.2 Å². The fourth-order valence-corrected chi connectivity index (χ4v) is 4.26. The number of nitrogens with one attached hydrogen (secondary N) is 2. The summed E-state index contributed by atoms with van der Waals surface area (Å²) < 4.78 is 45.0. The lowest BCUT2D eigenvalue weighted by Gasteiger charge is -2.28. The number of rotatable bonds is 2. The van der Waals surface area contributed by atoms with E-state index in [1.807, 2.05) is 0 Å². The Hall–Kier alpha value is -2.57. The highest BCUT2D eigenvalue weighted by Crippen LogP contribution is 2.50. The van der Waals surface area contributed by atoms with Crippen molar-refractivity contribution in [3.63, 3.8) is 0 Å². The summed E-state index contributed by atoms with van der Waals surface area (Å²) in [4.78, 5) is 18.0. The highest BCUT2D eigenvalue weighted by atomic mass is 35.5. The summed E-state index contributed by atoms with van der Waals surface area (Å²) in [5, 5.41) is 14.1. The molecule has 2 aliphatic rings. The zero-order valence-corrected chi connectivity index (χ0v) is 17.4. The van der Waals surface area contributed by atoms with Gasteiger partial charge in [-0.1, -0.05) is 23.2 Å². The third kappa shape index (κ3) is 3.04. The smallest absolute Gasteiger partial charge is 0.312 e. The van der Waals surface area contributed by atoms with Gasteiger partial charge in [0.15, 0.2) is 16.6 Å². The molecule has 31 heavy (non-hydrogen) atoms. The van der Waals surface area contributed by atoms with Gasteiger partial charge in [0.25, 0.3) is 0 Å². The summed E-state index contributed by atoms with van der Waals surface area (Å²) in [6.07, 6.45) is -3.45. The van der Waals surface area contributed by atoms with E-state index in [1.165, 1.54) is 18.3 Å². The molecule has 2 aliphatic heterocycles. The van der Waals surface area contributed by atoms with Gasteiger partial charge in [-0.2, -0.15) is 23.4 Å². The van der Waals surface area contributed by atoms with E-state index >= 15 is 0 Å². The van der Waals surface area contributed by atoms with Crippen molar-refractivity contribution in [2.75, 3.05) is 29.9 Å². The van der Waals surface area contributed by atoms with Crippen LogP contribution in [0.25, 0.3) is 5.65 Å². The van der Waals surface area contributed by atoms with Crippen LogP contribution in [0, 0.1) is 0 Å². The van der Waals surface area contributed by atoms with Crippen molar-refractivity contribution in [2.24, 2.45) is 0 Å². The second-order valence-electron chi connectivity index (χ2n) is 7.68. The minimum absolute atomic E-state index is 0.000934. The molecule has 164 valence electrons. The maximum absolute atomic E-state index is 14.1. The Balaban J connectivity index is 1.52. The van der Waals surface area contributed by atoms with Crippen molar-refractivity contribution in [1.29, 1.82) is 0 Å². The zero-order valence-electron chi connectivity index (χ0n) is 15.9. The van der Waals surface area contributed by atoms with Crippen LogP contribution in [-0.4, -0.2) is 56.2 Å². The largest absolute Gasteiger partial charge is 0.401 e. The number of hydrogen-bond acceptors (Lipinski definition) is 5. The molecule has 1 saturated heterocycles. The molecule has 9 nitrogen and oxygen atoms in total. The van der Waals surface area contributed by atoms with Crippen molar-refractivity contribution in [1.82, 2.24) is 29.7 Å². The molecule has 1 fully saturated rings. The Kier molecular flexibility index (Phi) is 4.40. The molecule has 0 saturated carbocycles. The van der Waals surface area contributed by atoms with Crippen molar-refractivity contribution in [2.45, 2.75) is 24.6 Å². The highest BCUT2D eigenvalue weighted by Gasteiger charge is 2.60. The van der Waals surface area contributed by atoms with Crippen LogP contribution < -0.4 is 15.5 Å². The number of urea groups is 1. The van der Waals surface area contributed by atoms with E-state index in [9.17, 15) is 18.0 Å². The standard InChI is InChI=1S/C17H15Cl2F3N8O/c1-16(17(20,21)22)7-28(9-6-24-13-2-10(18)26-30(13)14(9)16)15(31)25-12-3-11(19)29(27-12)8-4-23-5-8/h2-3,6,8,23H,4-5,7H2,1H3,(H,25,27,31)/t16-/m1/s1. The Morgan fingerprint density at radius 1 is 1.29 bits per heavy atom. The molecule has 5 heterocycles. The van der Waals surface area contributed by atoms with Crippen molar-refractivity contribution < 1.29 is 18.0 Å². The number of carbonyl (C=O) groups excluding carboxylic acids is 1. The van der Waals surface area contributed by atoms with Gasteiger partial charge in [-0.05, 0) is 6.92 Å². The maximum Gasteiger partial charge on any atom is 0.401 e. The molecule has 2 N–H and O–H groups in total. The number of fused-ring (bicyclic) bond motifs is 3. The number of carbonyl (C=O) groups is 1. The summed E-state index contributed by atoms with van der Waals surface area (Å²) in [6.45, 7) is 1.74. The van der Waals surface area contributed by atoms with Gasteiger partial charge >= 0.3 is 12.2 Å². The van der Waals surface area contributed by atoms with E-state index in [1.54, 1.807) is 4.68 Å². The van der Waals surface area contributed by atoms with Gasteiger partial charge in [-0.25, -0.2) is 19.0 Å². The molecule has 0 radical (unpaired) electrons. The number of hydrogen-bond donors (Lipinski definition) is 2. The van der Waals surface area contributed by atoms with E-state index in [0.29, 0.717) is 18.2 Å². The highest BCUT2D eigenvalue weighted by molar-refractivity contribution is 6.30. The number of amides is 2. The van der Waals surface area contributed by atoms with Gasteiger partial charge in [0, 0.05) is 31.8 Å². The summed E-state index contributed by atoms with van der Waals surface area (Å²) in [7, 11) is 0. The van der Waals surface area contributed by atoms with Crippen LogP contribution in [0.4, 0.5) is 29.5 Å². The van der Waals surface area contributed by atoms with Gasteiger partial charge in [0.05, 0.1) is 23.6 Å². The predicted molar refractivity (Wildman–Crippen MR) is 107 cm³/mol. The first kappa shape index (κ1) is 20.3. The van der Waals surface area contributed by atoms with Crippen LogP contribution in [-0.2, 0) is 5.41 Å². The number of nitrogens with zero attached hydrogens (tertiary/aromatic N) is 6. The van der Waals surface area contributed by atoms with Gasteiger partial charge in [0.2, 0.25) is 0 Å². The van der Waals surface area contributed by atoms with Crippen molar-refractivity contribution in [3.05, 3.63) is 34.3 Å². The summed E-state index contributed by atoms with van der Waals surface area (Å²) in [5.74, 6) is 0.139. The molecule has 0 aliphatic carbocycles. The molecule has 0 bridgehead atoms. The van der Waals surface area contributed by atoms with Crippen LogP contribution >= 0.6 is 23.2 Å². The van der Waals surface area contributed by atoms with Crippen LogP contribution in [0.1, 0.15) is 18.7 Å². The number of aromatic nitrogens is 5. The molecular weight excluding hydrogens is 460 g/mol. The Morgan fingerprint density at radius 3 is 2.68 bits per heavy atom. The fraction of sp³-hybridized carbons (Fsp3) is 0.412. The molecule has 5 rings (SSSR count). The van der Waals surface area contributed by atoms with Gasteiger partial charge in [0.1, 0.15) is 10.6 Å². The first-order valence-electron chi connectivity index (χ1n) is 9.24. The summed E-state index contributed by atoms with van der Waals surface area (Å²) in [6, 6.07) is 2.07. The quantitative estimate of drug-likeness (QED) is 0.594. The minimum Gasteiger partial charge on any atom is -0.312 e. The molecule has 0 spiro atoms. The number of alkyl halides is 3. The molecule has 0 unspecified atom stereocenters. The lowest BCUT2D eigenvalue weighted by molar-refractivity contribution is -0.181. The lowest BCUT2D eigenvalue weighted by Crippen LogP contribution is -2.46. The monoisotopic (exact) mass is 474 g/mol. The molecule has 2 amide bonds. The molecule has 0 aromatic carbocycles. The Morgan fingerprint density at radius 2 is 2.03 bits per heavy atom. The first-order valence-corrected chi connectivity index (χ1v) is 10.00. The van der Waals surface area contributed by atoms with E-state index in [0.717, 1.165) is 16.3 Å². The second-order valence-corrected chi connectivity index (χ2v) is 8.46. The summed E-state index contributed by atoms with van der Waals surface area (Å²) in [5.41, 5.74) is -2.46. The third-order valence-corrected chi connectivity index (χ3v) is 6.09. The average molecular weight is 475 g/mol. The molecule has 3 aromatic rings. The normalized spacial score (nSPS) is 21.4. The number of halogens is 5. The molecule has 14 heteroatoms.